The van der Waals surface area contributed by atoms with Crippen LogP contribution in [0.3, 0.4) is 0 Å². The van der Waals surface area contributed by atoms with Gasteiger partial charge in [-0.2, -0.15) is 0 Å². The van der Waals surface area contributed by atoms with Gasteiger partial charge in [-0.15, -0.1) is 11.3 Å². The molecule has 0 radical (unpaired) electrons. The third-order valence-electron chi connectivity index (χ3n) is 3.08. The fraction of sp³-hybridized carbons (Fsp3) is 0.286. The van der Waals surface area contributed by atoms with Gasteiger partial charge in [0.2, 0.25) is 5.78 Å². The summed E-state index contributed by atoms with van der Waals surface area (Å²) in [4.78, 5) is 17.0. The van der Waals surface area contributed by atoms with Crippen LogP contribution < -0.4 is 5.32 Å². The summed E-state index contributed by atoms with van der Waals surface area (Å²) in [6.07, 6.45) is 1.04. The summed E-state index contributed by atoms with van der Waals surface area (Å²) >= 11 is 1.19. The van der Waals surface area contributed by atoms with Crippen molar-refractivity contribution in [2.24, 2.45) is 0 Å². The number of aromatic nitrogens is 1. The van der Waals surface area contributed by atoms with E-state index in [-0.39, 0.29) is 11.6 Å². The molecule has 2 aromatic rings. The third-order valence-corrected chi connectivity index (χ3v) is 4.12. The number of carbonyl (C=O) groups is 1. The Balaban J connectivity index is 1.83. The molecule has 1 aliphatic rings. The standard InChI is InChI=1S/C14H13FN2O2S/c15-10-4-2-1-3-9(10)12-8-17-14(20-12)13(18)11-7-16-5-6-19-11/h1-4,8,11,16H,5-7H2/t11-/m0/s1. The number of thiazole rings is 1. The van der Waals surface area contributed by atoms with Crippen LogP contribution in [-0.4, -0.2) is 36.6 Å². The summed E-state index contributed by atoms with van der Waals surface area (Å²) in [5, 5.41) is 3.46. The van der Waals surface area contributed by atoms with Crippen molar-refractivity contribution in [2.45, 2.75) is 6.10 Å². The summed E-state index contributed by atoms with van der Waals surface area (Å²) < 4.78 is 19.1. The van der Waals surface area contributed by atoms with E-state index in [0.29, 0.717) is 28.6 Å². The molecule has 0 spiro atoms. The van der Waals surface area contributed by atoms with Gasteiger partial charge in [0.15, 0.2) is 5.01 Å². The zero-order valence-corrected chi connectivity index (χ0v) is 11.5. The van der Waals surface area contributed by atoms with Crippen molar-refractivity contribution in [1.29, 1.82) is 0 Å². The Morgan fingerprint density at radius 3 is 3.05 bits per heavy atom. The first-order chi connectivity index (χ1) is 9.75. The summed E-state index contributed by atoms with van der Waals surface area (Å²) in [5.41, 5.74) is 0.465. The van der Waals surface area contributed by atoms with Gasteiger partial charge in [-0.1, -0.05) is 18.2 Å². The number of Topliss-reactive ketones (excluding diaryl/α,β-unsaturated/α-hetero) is 1. The summed E-state index contributed by atoms with van der Waals surface area (Å²) in [7, 11) is 0. The number of ether oxygens (including phenoxy) is 1. The highest BCUT2D eigenvalue weighted by Gasteiger charge is 2.25. The molecule has 0 unspecified atom stereocenters. The number of hydrogen-bond donors (Lipinski definition) is 1. The van der Waals surface area contributed by atoms with Crippen LogP contribution >= 0.6 is 11.3 Å². The lowest BCUT2D eigenvalue weighted by Gasteiger charge is -2.21. The van der Waals surface area contributed by atoms with E-state index < -0.39 is 6.10 Å². The zero-order valence-electron chi connectivity index (χ0n) is 10.6. The molecule has 1 fully saturated rings. The van der Waals surface area contributed by atoms with Gasteiger partial charge in [0.25, 0.3) is 0 Å². The molecule has 1 aromatic heterocycles. The maximum atomic E-state index is 13.7. The van der Waals surface area contributed by atoms with Crippen molar-refractivity contribution in [3.05, 3.63) is 41.3 Å². The van der Waals surface area contributed by atoms with Gasteiger partial charge in [-0.3, -0.25) is 4.79 Å². The van der Waals surface area contributed by atoms with Gasteiger partial charge >= 0.3 is 0 Å². The molecule has 1 aliphatic heterocycles. The second kappa shape index (κ2) is 5.78. The number of benzene rings is 1. The molecule has 0 amide bonds. The van der Waals surface area contributed by atoms with E-state index in [1.807, 2.05) is 0 Å². The molecule has 3 rings (SSSR count). The van der Waals surface area contributed by atoms with Crippen LogP contribution in [0.15, 0.2) is 30.5 Å². The predicted molar refractivity (Wildman–Crippen MR) is 74.4 cm³/mol. The molecule has 0 aliphatic carbocycles. The van der Waals surface area contributed by atoms with Crippen molar-refractivity contribution < 1.29 is 13.9 Å². The number of morpholine rings is 1. The highest BCUT2D eigenvalue weighted by Crippen LogP contribution is 2.29. The number of ketones is 1. The topological polar surface area (TPSA) is 51.2 Å². The lowest BCUT2D eigenvalue weighted by Crippen LogP contribution is -2.43. The summed E-state index contributed by atoms with van der Waals surface area (Å²) in [6, 6.07) is 6.46. The van der Waals surface area contributed by atoms with Gasteiger partial charge in [0.05, 0.1) is 11.5 Å². The Bertz CT molecular complexity index is 623. The Labute approximate surface area is 119 Å². The fourth-order valence-corrected chi connectivity index (χ4v) is 2.97. The van der Waals surface area contributed by atoms with Crippen molar-refractivity contribution >= 4 is 17.1 Å². The van der Waals surface area contributed by atoms with Crippen LogP contribution in [0, 0.1) is 5.82 Å². The monoisotopic (exact) mass is 292 g/mol. The highest BCUT2D eigenvalue weighted by molar-refractivity contribution is 7.17. The van der Waals surface area contributed by atoms with E-state index in [2.05, 4.69) is 10.3 Å². The predicted octanol–water partition coefficient (Wildman–Crippen LogP) is 2.12. The number of halogens is 1. The average Bonchev–Trinajstić information content (AvgIpc) is 2.97. The van der Waals surface area contributed by atoms with Crippen LogP contribution in [0.4, 0.5) is 4.39 Å². The Hall–Kier alpha value is -1.63. The fourth-order valence-electron chi connectivity index (χ4n) is 2.05. The van der Waals surface area contributed by atoms with Crippen molar-refractivity contribution in [2.75, 3.05) is 19.7 Å². The van der Waals surface area contributed by atoms with E-state index in [1.165, 1.54) is 23.6 Å². The molecule has 6 heteroatoms. The smallest absolute Gasteiger partial charge is 0.221 e. The van der Waals surface area contributed by atoms with Crippen LogP contribution in [0.1, 0.15) is 9.80 Å². The molecule has 2 heterocycles. The number of nitrogens with one attached hydrogen (secondary N) is 1. The second-order valence-electron chi connectivity index (χ2n) is 4.44. The van der Waals surface area contributed by atoms with Gasteiger partial charge < -0.3 is 10.1 Å². The first kappa shape index (κ1) is 13.4. The summed E-state index contributed by atoms with van der Waals surface area (Å²) in [5.74, 6) is -0.462. The number of carbonyl (C=O) groups excluding carboxylic acids is 1. The van der Waals surface area contributed by atoms with E-state index in [1.54, 1.807) is 18.2 Å². The highest BCUT2D eigenvalue weighted by atomic mass is 32.1. The number of nitrogens with zero attached hydrogens (tertiary/aromatic N) is 1. The molecule has 1 N–H and O–H groups in total. The third kappa shape index (κ3) is 2.63. The second-order valence-corrected chi connectivity index (χ2v) is 5.47. The molecule has 1 aromatic carbocycles. The molecule has 20 heavy (non-hydrogen) atoms. The van der Waals surface area contributed by atoms with Crippen molar-refractivity contribution in [1.82, 2.24) is 10.3 Å². The first-order valence-corrected chi connectivity index (χ1v) is 7.14. The minimum atomic E-state index is -0.497. The number of hydrogen-bond acceptors (Lipinski definition) is 5. The first-order valence-electron chi connectivity index (χ1n) is 6.33. The minimum Gasteiger partial charge on any atom is -0.367 e. The Morgan fingerprint density at radius 1 is 1.45 bits per heavy atom. The van der Waals surface area contributed by atoms with Gasteiger partial charge in [0, 0.05) is 24.8 Å². The molecule has 0 bridgehead atoms. The minimum absolute atomic E-state index is 0.148. The molecule has 0 saturated carbocycles. The zero-order chi connectivity index (χ0) is 13.9. The lowest BCUT2D eigenvalue weighted by atomic mass is 10.2. The van der Waals surface area contributed by atoms with Gasteiger partial charge in [0.1, 0.15) is 11.9 Å². The number of rotatable bonds is 3. The maximum absolute atomic E-state index is 13.7. The molecule has 4 nitrogen and oxygen atoms in total. The van der Waals surface area contributed by atoms with E-state index in [4.69, 9.17) is 4.74 Å². The normalized spacial score (nSPS) is 18.9. The largest absolute Gasteiger partial charge is 0.367 e. The maximum Gasteiger partial charge on any atom is 0.221 e. The van der Waals surface area contributed by atoms with Gasteiger partial charge in [-0.05, 0) is 6.07 Å². The van der Waals surface area contributed by atoms with E-state index in [0.717, 1.165) is 6.54 Å². The molecular formula is C14H13FN2O2S. The molecule has 1 saturated heterocycles. The van der Waals surface area contributed by atoms with Gasteiger partial charge in [-0.25, -0.2) is 9.37 Å². The summed E-state index contributed by atoms with van der Waals surface area (Å²) in [6.45, 7) is 1.76. The van der Waals surface area contributed by atoms with Crippen molar-refractivity contribution in [3.8, 4) is 10.4 Å². The Morgan fingerprint density at radius 2 is 2.30 bits per heavy atom. The Kier molecular flexibility index (Phi) is 3.86. The molecule has 1 atom stereocenters. The molecule has 104 valence electrons. The average molecular weight is 292 g/mol. The van der Waals surface area contributed by atoms with E-state index in [9.17, 15) is 9.18 Å². The van der Waals surface area contributed by atoms with E-state index >= 15 is 0 Å². The van der Waals surface area contributed by atoms with Crippen LogP contribution in [0.25, 0.3) is 10.4 Å². The quantitative estimate of drug-likeness (QED) is 0.880. The van der Waals surface area contributed by atoms with Crippen LogP contribution in [-0.2, 0) is 4.74 Å². The van der Waals surface area contributed by atoms with Crippen molar-refractivity contribution in [3.63, 3.8) is 0 Å². The lowest BCUT2D eigenvalue weighted by molar-refractivity contribution is 0.0269. The molecular weight excluding hydrogens is 279 g/mol. The van der Waals surface area contributed by atoms with Crippen LogP contribution in [0.2, 0.25) is 0 Å². The SMILES string of the molecule is O=C(c1ncc(-c2ccccc2F)s1)[C@@H]1CNCCO1. The van der Waals surface area contributed by atoms with Crippen LogP contribution in [0.5, 0.6) is 0 Å².